The lowest BCUT2D eigenvalue weighted by atomic mass is 10.0. The van der Waals surface area contributed by atoms with Crippen molar-refractivity contribution in [3.63, 3.8) is 0 Å². The van der Waals surface area contributed by atoms with Crippen molar-refractivity contribution in [2.75, 3.05) is 33.3 Å². The Morgan fingerprint density at radius 2 is 1.82 bits per heavy atom. The summed E-state index contributed by atoms with van der Waals surface area (Å²) < 4.78 is 38.0. The number of nitrogens with zero attached hydrogens (tertiary/aromatic N) is 3. The summed E-state index contributed by atoms with van der Waals surface area (Å²) in [5.74, 6) is -0.146. The summed E-state index contributed by atoms with van der Waals surface area (Å²) in [5, 5.41) is 6.60. The van der Waals surface area contributed by atoms with Crippen molar-refractivity contribution in [2.24, 2.45) is 5.92 Å². The van der Waals surface area contributed by atoms with Crippen LogP contribution in [0.3, 0.4) is 0 Å². The number of para-hydroxylation sites is 1. The van der Waals surface area contributed by atoms with Crippen LogP contribution in [0.15, 0.2) is 33.7 Å². The van der Waals surface area contributed by atoms with Gasteiger partial charge in [0, 0.05) is 26.2 Å². The number of nitrogens with one attached hydrogen (secondary N) is 1. The van der Waals surface area contributed by atoms with Gasteiger partial charge >= 0.3 is 0 Å². The van der Waals surface area contributed by atoms with Crippen LogP contribution < -0.4 is 10.1 Å². The van der Waals surface area contributed by atoms with Crippen molar-refractivity contribution in [1.29, 1.82) is 0 Å². The molecule has 2 amide bonds. The number of aromatic nitrogens is 1. The van der Waals surface area contributed by atoms with E-state index in [9.17, 15) is 18.0 Å². The topological polar surface area (TPSA) is 122 Å². The number of hydrogen-bond donors (Lipinski definition) is 1. The third kappa shape index (κ3) is 5.25. The molecule has 1 aliphatic heterocycles. The van der Waals surface area contributed by atoms with Gasteiger partial charge in [0.05, 0.1) is 12.7 Å². The molecule has 0 radical (unpaired) electrons. The Morgan fingerprint density at radius 3 is 2.44 bits per heavy atom. The largest absolute Gasteiger partial charge is 0.496 e. The molecule has 1 saturated heterocycles. The number of methoxy groups -OCH3 is 1. The molecule has 0 saturated carbocycles. The summed E-state index contributed by atoms with van der Waals surface area (Å²) in [6.45, 7) is 7.90. The van der Waals surface area contributed by atoms with Crippen LogP contribution >= 0.6 is 0 Å². The molecular formula is C23H32N4O6S. The number of carbonyl (C=O) groups is 2. The minimum Gasteiger partial charge on any atom is -0.496 e. The molecule has 0 bridgehead atoms. The normalized spacial score (nSPS) is 16.2. The van der Waals surface area contributed by atoms with Gasteiger partial charge in [-0.1, -0.05) is 31.1 Å². The summed E-state index contributed by atoms with van der Waals surface area (Å²) in [5.41, 5.74) is 0.657. The van der Waals surface area contributed by atoms with E-state index in [4.69, 9.17) is 9.26 Å². The third-order valence-corrected chi connectivity index (χ3v) is 8.05. The summed E-state index contributed by atoms with van der Waals surface area (Å²) in [7, 11) is -2.31. The van der Waals surface area contributed by atoms with E-state index in [2.05, 4.69) is 10.5 Å². The number of ether oxygens (including phenoxy) is 1. The second-order valence-corrected chi connectivity index (χ2v) is 10.5. The zero-order valence-electron chi connectivity index (χ0n) is 20.2. The molecule has 1 fully saturated rings. The van der Waals surface area contributed by atoms with Gasteiger partial charge in [0.2, 0.25) is 15.9 Å². The van der Waals surface area contributed by atoms with Crippen molar-refractivity contribution in [3.8, 4) is 5.75 Å². The summed E-state index contributed by atoms with van der Waals surface area (Å²) in [6.07, 6.45) is 0.472. The van der Waals surface area contributed by atoms with Gasteiger partial charge in [-0.15, -0.1) is 0 Å². The van der Waals surface area contributed by atoms with Gasteiger partial charge < -0.3 is 19.5 Å². The van der Waals surface area contributed by atoms with E-state index in [1.807, 2.05) is 13.8 Å². The van der Waals surface area contributed by atoms with E-state index in [1.54, 1.807) is 43.0 Å². The number of hydrogen-bond acceptors (Lipinski definition) is 7. The van der Waals surface area contributed by atoms with Crippen LogP contribution in [0.2, 0.25) is 0 Å². The zero-order valence-corrected chi connectivity index (χ0v) is 21.0. The van der Waals surface area contributed by atoms with Crippen LogP contribution in [0.25, 0.3) is 0 Å². The number of amides is 2. The van der Waals surface area contributed by atoms with E-state index < -0.39 is 22.0 Å². The van der Waals surface area contributed by atoms with Gasteiger partial charge in [0.25, 0.3) is 5.91 Å². The van der Waals surface area contributed by atoms with Crippen LogP contribution in [0, 0.1) is 19.8 Å². The zero-order chi connectivity index (χ0) is 25.0. The molecule has 11 heteroatoms. The average molecular weight is 493 g/mol. The SMILES string of the molecule is COc1ccccc1C(=O)N[C@H](C(=O)N1CCCN(S(=O)(=O)c2c(C)noc2C)CC1)C(C)C. The lowest BCUT2D eigenvalue weighted by molar-refractivity contribution is -0.134. The molecule has 10 nitrogen and oxygen atoms in total. The quantitative estimate of drug-likeness (QED) is 0.627. The van der Waals surface area contributed by atoms with E-state index in [-0.39, 0.29) is 42.1 Å². The minimum atomic E-state index is -3.80. The first kappa shape index (κ1) is 25.7. The Bertz CT molecular complexity index is 1120. The van der Waals surface area contributed by atoms with Crippen molar-refractivity contribution in [3.05, 3.63) is 41.3 Å². The van der Waals surface area contributed by atoms with Crippen molar-refractivity contribution >= 4 is 21.8 Å². The molecular weight excluding hydrogens is 460 g/mol. The van der Waals surface area contributed by atoms with Gasteiger partial charge in [-0.25, -0.2) is 8.42 Å². The number of carbonyl (C=O) groups excluding carboxylic acids is 2. The van der Waals surface area contributed by atoms with E-state index >= 15 is 0 Å². The Labute approximate surface area is 200 Å². The summed E-state index contributed by atoms with van der Waals surface area (Å²) >= 11 is 0. The van der Waals surface area contributed by atoms with Gasteiger partial charge in [-0.3, -0.25) is 9.59 Å². The standard InChI is InChI=1S/C23H32N4O6S/c1-15(2)20(24-22(28)18-9-6-7-10-19(18)32-5)23(29)26-11-8-12-27(14-13-26)34(30,31)21-16(3)25-33-17(21)4/h6-7,9-10,15,20H,8,11-14H2,1-5H3,(H,24,28)/t20-/m0/s1. The van der Waals surface area contributed by atoms with Crippen LogP contribution in [0.1, 0.15) is 42.1 Å². The fourth-order valence-electron chi connectivity index (χ4n) is 4.09. The second-order valence-electron chi connectivity index (χ2n) is 8.63. The highest BCUT2D eigenvalue weighted by Gasteiger charge is 2.35. The van der Waals surface area contributed by atoms with E-state index in [0.717, 1.165) is 0 Å². The highest BCUT2D eigenvalue weighted by Crippen LogP contribution is 2.25. The first-order valence-corrected chi connectivity index (χ1v) is 12.7. The molecule has 0 aliphatic carbocycles. The Balaban J connectivity index is 1.73. The first-order valence-electron chi connectivity index (χ1n) is 11.2. The highest BCUT2D eigenvalue weighted by atomic mass is 32.2. The molecule has 1 aliphatic rings. The fraction of sp³-hybridized carbons (Fsp3) is 0.522. The summed E-state index contributed by atoms with van der Waals surface area (Å²) in [4.78, 5) is 28.0. The molecule has 1 aromatic carbocycles. The van der Waals surface area contributed by atoms with Crippen LogP contribution in [-0.4, -0.2) is 73.9 Å². The molecule has 2 heterocycles. The third-order valence-electron chi connectivity index (χ3n) is 5.90. The molecule has 1 aromatic heterocycles. The maximum atomic E-state index is 13.4. The first-order chi connectivity index (χ1) is 16.1. The summed E-state index contributed by atoms with van der Waals surface area (Å²) in [6, 6.07) is 6.05. The van der Waals surface area contributed by atoms with Crippen molar-refractivity contribution in [2.45, 2.75) is 45.1 Å². The highest BCUT2D eigenvalue weighted by molar-refractivity contribution is 7.89. The van der Waals surface area contributed by atoms with Gasteiger partial charge in [0.15, 0.2) is 5.76 Å². The lowest BCUT2D eigenvalue weighted by Gasteiger charge is -2.29. The Hall–Kier alpha value is -2.92. The maximum Gasteiger partial charge on any atom is 0.255 e. The predicted octanol–water partition coefficient (Wildman–Crippen LogP) is 1.98. The lowest BCUT2D eigenvalue weighted by Crippen LogP contribution is -2.52. The number of aryl methyl sites for hydroxylation is 2. The van der Waals surface area contributed by atoms with Gasteiger partial charge in [0.1, 0.15) is 22.4 Å². The van der Waals surface area contributed by atoms with Gasteiger partial charge in [-0.2, -0.15) is 4.31 Å². The van der Waals surface area contributed by atoms with Crippen molar-refractivity contribution in [1.82, 2.24) is 19.7 Å². The minimum absolute atomic E-state index is 0.0800. The number of benzene rings is 1. The monoisotopic (exact) mass is 492 g/mol. The van der Waals surface area contributed by atoms with Crippen LogP contribution in [-0.2, 0) is 14.8 Å². The van der Waals surface area contributed by atoms with E-state index in [1.165, 1.54) is 11.4 Å². The van der Waals surface area contributed by atoms with Gasteiger partial charge in [-0.05, 0) is 38.3 Å². The second kappa shape index (κ2) is 10.6. The number of sulfonamides is 1. The molecule has 0 spiro atoms. The van der Waals surface area contributed by atoms with Crippen LogP contribution in [0.4, 0.5) is 0 Å². The van der Waals surface area contributed by atoms with Crippen molar-refractivity contribution < 1.29 is 27.3 Å². The predicted molar refractivity (Wildman–Crippen MR) is 125 cm³/mol. The number of rotatable bonds is 7. The molecule has 2 aromatic rings. The molecule has 3 rings (SSSR count). The smallest absolute Gasteiger partial charge is 0.255 e. The Morgan fingerprint density at radius 1 is 1.12 bits per heavy atom. The Kier molecular flexibility index (Phi) is 7.98. The molecule has 186 valence electrons. The maximum absolute atomic E-state index is 13.4. The molecule has 0 unspecified atom stereocenters. The van der Waals surface area contributed by atoms with E-state index in [0.29, 0.717) is 30.0 Å². The molecule has 1 atom stereocenters. The fourth-order valence-corrected chi connectivity index (χ4v) is 5.85. The van der Waals surface area contributed by atoms with Crippen LogP contribution in [0.5, 0.6) is 5.75 Å². The molecule has 1 N–H and O–H groups in total. The average Bonchev–Trinajstić information content (AvgIpc) is 3.00. The molecule has 34 heavy (non-hydrogen) atoms.